The topological polar surface area (TPSA) is 101 Å². The number of benzene rings is 4. The average molecular weight is 623 g/mol. The summed E-state index contributed by atoms with van der Waals surface area (Å²) >= 11 is 0. The maximum Gasteiger partial charge on any atom is 0.314 e. The second kappa shape index (κ2) is 20.1. The number of urea groups is 2. The molecule has 0 fully saturated rings. The molecule has 4 aromatic rings. The van der Waals surface area contributed by atoms with E-state index in [0.29, 0.717) is 39.4 Å². The molecule has 0 heterocycles. The summed E-state index contributed by atoms with van der Waals surface area (Å²) in [7, 11) is 0. The van der Waals surface area contributed by atoms with Crippen LogP contribution in [0.1, 0.15) is 47.9 Å². The molecule has 4 amide bonds. The Morgan fingerprint density at radius 3 is 1.24 bits per heavy atom. The highest BCUT2D eigenvalue weighted by Gasteiger charge is 2.07. The van der Waals surface area contributed by atoms with Gasteiger partial charge in [0.15, 0.2) is 0 Å². The van der Waals surface area contributed by atoms with Gasteiger partial charge in [-0.15, -0.1) is 0 Å². The van der Waals surface area contributed by atoms with Gasteiger partial charge in [0.2, 0.25) is 0 Å². The molecular formula is C38H46N4O4. The van der Waals surface area contributed by atoms with Crippen LogP contribution in [0.15, 0.2) is 109 Å². The van der Waals surface area contributed by atoms with Gasteiger partial charge >= 0.3 is 12.1 Å². The summed E-state index contributed by atoms with van der Waals surface area (Å²) in [6.45, 7) is 2.86. The van der Waals surface area contributed by atoms with E-state index in [1.165, 1.54) is 11.1 Å². The van der Waals surface area contributed by atoms with Crippen LogP contribution < -0.4 is 30.7 Å². The number of amides is 4. The van der Waals surface area contributed by atoms with E-state index in [2.05, 4.69) is 57.7 Å². The highest BCUT2D eigenvalue weighted by molar-refractivity contribution is 5.74. The molecule has 0 bridgehead atoms. The highest BCUT2D eigenvalue weighted by Crippen LogP contribution is 2.22. The number of carbonyl (C=O) groups excluding carboxylic acids is 2. The van der Waals surface area contributed by atoms with E-state index in [-0.39, 0.29) is 12.1 Å². The van der Waals surface area contributed by atoms with Crippen LogP contribution in [-0.2, 0) is 12.8 Å². The minimum atomic E-state index is -0.192. The number of ether oxygens (including phenoxy) is 2. The first-order valence-corrected chi connectivity index (χ1v) is 16.2. The van der Waals surface area contributed by atoms with E-state index < -0.39 is 0 Å². The number of hydrogen-bond donors (Lipinski definition) is 4. The number of rotatable bonds is 19. The van der Waals surface area contributed by atoms with Crippen molar-refractivity contribution in [2.45, 2.75) is 38.5 Å². The molecular weight excluding hydrogens is 576 g/mol. The van der Waals surface area contributed by atoms with Gasteiger partial charge in [-0.05, 0) is 47.2 Å². The molecule has 0 saturated heterocycles. The Hall–Kier alpha value is -4.98. The normalized spacial score (nSPS) is 10.5. The third-order valence-electron chi connectivity index (χ3n) is 7.39. The fraction of sp³-hybridized carbons (Fsp3) is 0.316. The Kier molecular flexibility index (Phi) is 14.8. The molecule has 0 radical (unpaired) electrons. The smallest absolute Gasteiger partial charge is 0.314 e. The summed E-state index contributed by atoms with van der Waals surface area (Å²) in [5.74, 6) is 1.68. The SMILES string of the molecule is O=C(NCCCCCCNC(=O)NCCOc1ccccc1Cc1ccccc1)NCCOc1ccccc1Cc1ccccc1. The predicted molar refractivity (Wildman–Crippen MR) is 184 cm³/mol. The van der Waals surface area contributed by atoms with Crippen molar-refractivity contribution in [3.63, 3.8) is 0 Å². The lowest BCUT2D eigenvalue weighted by Crippen LogP contribution is -2.38. The fourth-order valence-corrected chi connectivity index (χ4v) is 5.00. The number of nitrogens with one attached hydrogen (secondary N) is 4. The third kappa shape index (κ3) is 12.9. The van der Waals surface area contributed by atoms with Crippen LogP contribution in [0.25, 0.3) is 0 Å². The monoisotopic (exact) mass is 622 g/mol. The summed E-state index contributed by atoms with van der Waals surface area (Å²) in [5.41, 5.74) is 4.70. The quantitative estimate of drug-likeness (QED) is 0.0899. The molecule has 8 heteroatoms. The van der Waals surface area contributed by atoms with Gasteiger partial charge in [-0.3, -0.25) is 0 Å². The van der Waals surface area contributed by atoms with Gasteiger partial charge in [-0.2, -0.15) is 0 Å². The van der Waals surface area contributed by atoms with Crippen LogP contribution in [0.5, 0.6) is 11.5 Å². The maximum atomic E-state index is 12.1. The Bertz CT molecular complexity index is 1340. The third-order valence-corrected chi connectivity index (χ3v) is 7.39. The molecule has 0 aliphatic heterocycles. The van der Waals surface area contributed by atoms with Crippen molar-refractivity contribution in [2.75, 3.05) is 39.4 Å². The van der Waals surface area contributed by atoms with Crippen molar-refractivity contribution in [1.29, 1.82) is 0 Å². The van der Waals surface area contributed by atoms with E-state index in [1.54, 1.807) is 0 Å². The minimum Gasteiger partial charge on any atom is -0.491 e. The van der Waals surface area contributed by atoms with Gasteiger partial charge in [0.1, 0.15) is 24.7 Å². The van der Waals surface area contributed by atoms with Crippen molar-refractivity contribution < 1.29 is 19.1 Å². The van der Waals surface area contributed by atoms with Gasteiger partial charge in [0, 0.05) is 25.9 Å². The summed E-state index contributed by atoms with van der Waals surface area (Å²) in [5, 5.41) is 11.5. The summed E-state index contributed by atoms with van der Waals surface area (Å²) in [4.78, 5) is 24.2. The van der Waals surface area contributed by atoms with E-state index >= 15 is 0 Å². The van der Waals surface area contributed by atoms with Crippen LogP contribution in [-0.4, -0.2) is 51.5 Å². The zero-order chi connectivity index (χ0) is 32.1. The van der Waals surface area contributed by atoms with Crippen LogP contribution >= 0.6 is 0 Å². The molecule has 4 rings (SSSR count). The molecule has 8 nitrogen and oxygen atoms in total. The number of hydrogen-bond acceptors (Lipinski definition) is 4. The van der Waals surface area contributed by atoms with Crippen molar-refractivity contribution in [2.24, 2.45) is 0 Å². The molecule has 0 unspecified atom stereocenters. The van der Waals surface area contributed by atoms with E-state index in [1.807, 2.05) is 72.8 Å². The maximum absolute atomic E-state index is 12.1. The number of unbranched alkanes of at least 4 members (excludes halogenated alkanes) is 3. The van der Waals surface area contributed by atoms with Crippen LogP contribution in [0.4, 0.5) is 9.59 Å². The van der Waals surface area contributed by atoms with Crippen molar-refractivity contribution in [3.05, 3.63) is 131 Å². The fourth-order valence-electron chi connectivity index (χ4n) is 5.00. The first kappa shape index (κ1) is 33.9. The largest absolute Gasteiger partial charge is 0.491 e. The van der Waals surface area contributed by atoms with Crippen LogP contribution in [0.2, 0.25) is 0 Å². The zero-order valence-electron chi connectivity index (χ0n) is 26.5. The van der Waals surface area contributed by atoms with Gasteiger partial charge in [0.05, 0.1) is 13.1 Å². The van der Waals surface area contributed by atoms with Gasteiger partial charge in [-0.1, -0.05) is 110 Å². The highest BCUT2D eigenvalue weighted by atomic mass is 16.5. The second-order valence-corrected chi connectivity index (χ2v) is 11.0. The first-order valence-electron chi connectivity index (χ1n) is 16.2. The molecule has 4 aromatic carbocycles. The van der Waals surface area contributed by atoms with Crippen molar-refractivity contribution >= 4 is 12.1 Å². The molecule has 0 aliphatic carbocycles. The summed E-state index contributed by atoms with van der Waals surface area (Å²) in [6, 6.07) is 36.2. The lowest BCUT2D eigenvalue weighted by molar-refractivity contribution is 0.235. The molecule has 0 spiro atoms. The number of carbonyl (C=O) groups is 2. The predicted octanol–water partition coefficient (Wildman–Crippen LogP) is 6.48. The minimum absolute atomic E-state index is 0.192. The first-order chi connectivity index (χ1) is 22.7. The molecule has 4 N–H and O–H groups in total. The van der Waals surface area contributed by atoms with Crippen molar-refractivity contribution in [3.8, 4) is 11.5 Å². The standard InChI is InChI=1S/C38H46N4O4/c43-37(41-25-27-45-35-21-11-9-19-33(35)29-31-15-5-3-6-16-31)39-23-13-1-2-14-24-40-38(44)42-26-28-46-36-22-12-10-20-34(36)30-32-17-7-4-8-18-32/h3-12,15-22H,1-2,13-14,23-30H2,(H2,39,41,43)(H2,40,42,44). The summed E-state index contributed by atoms with van der Waals surface area (Å²) < 4.78 is 11.9. The van der Waals surface area contributed by atoms with Crippen molar-refractivity contribution in [1.82, 2.24) is 21.3 Å². The molecule has 0 atom stereocenters. The van der Waals surface area contributed by atoms with Crippen LogP contribution in [0, 0.1) is 0 Å². The second-order valence-electron chi connectivity index (χ2n) is 11.0. The molecule has 46 heavy (non-hydrogen) atoms. The Labute approximate surface area is 272 Å². The molecule has 0 aromatic heterocycles. The Morgan fingerprint density at radius 1 is 0.435 bits per heavy atom. The Morgan fingerprint density at radius 2 is 0.804 bits per heavy atom. The zero-order valence-corrected chi connectivity index (χ0v) is 26.5. The lowest BCUT2D eigenvalue weighted by atomic mass is 10.0. The van der Waals surface area contributed by atoms with E-state index in [4.69, 9.17) is 9.47 Å². The van der Waals surface area contributed by atoms with Gasteiger partial charge < -0.3 is 30.7 Å². The van der Waals surface area contributed by atoms with E-state index in [0.717, 1.165) is 61.2 Å². The molecule has 242 valence electrons. The molecule has 0 saturated carbocycles. The molecule has 0 aliphatic rings. The number of para-hydroxylation sites is 2. The Balaban J connectivity index is 0.964. The summed E-state index contributed by atoms with van der Waals surface area (Å²) in [6.07, 6.45) is 5.31. The van der Waals surface area contributed by atoms with E-state index in [9.17, 15) is 9.59 Å². The average Bonchev–Trinajstić information content (AvgIpc) is 3.08. The van der Waals surface area contributed by atoms with Gasteiger partial charge in [0.25, 0.3) is 0 Å². The van der Waals surface area contributed by atoms with Gasteiger partial charge in [-0.25, -0.2) is 9.59 Å². The van der Waals surface area contributed by atoms with Crippen LogP contribution in [0.3, 0.4) is 0 Å². The lowest BCUT2D eigenvalue weighted by Gasteiger charge is -2.13.